The zero-order valence-corrected chi connectivity index (χ0v) is 26.9. The van der Waals surface area contributed by atoms with Crippen LogP contribution < -0.4 is 4.90 Å². The first-order valence-corrected chi connectivity index (χ1v) is 16.4. The standard InChI is InChI=1S/C36H44N2O5S/c1-6-8-12-20-43-34(42)30-29-32(40)38(27(23-39)22-26-13-10-9-11-14-26)31(36(29)18-17-35(30,5)44-36)33(41)37(19-7-2)28-21-24(3)15-16-25(28)4/h6-7,9-11,13-16,21,27,29-31,39H,1-2,8,12,17-20,22-23H2,3-5H3/t27-,29+,30-,31?,35+,36?/m1/s1. The van der Waals surface area contributed by atoms with Gasteiger partial charge in [0.15, 0.2) is 0 Å². The molecule has 0 saturated carbocycles. The van der Waals surface area contributed by atoms with Crippen LogP contribution in [-0.2, 0) is 25.5 Å². The lowest BCUT2D eigenvalue weighted by molar-refractivity contribution is -0.156. The Bertz CT molecular complexity index is 1430. The molecule has 7 nitrogen and oxygen atoms in total. The summed E-state index contributed by atoms with van der Waals surface area (Å²) in [7, 11) is 0. The van der Waals surface area contributed by atoms with E-state index in [0.717, 1.165) is 28.8 Å². The maximum Gasteiger partial charge on any atom is 0.311 e. The van der Waals surface area contributed by atoms with Crippen LogP contribution in [-0.4, -0.2) is 69.1 Å². The number of aryl methyl sites for hydroxylation is 2. The van der Waals surface area contributed by atoms with Crippen molar-refractivity contribution >= 4 is 35.2 Å². The van der Waals surface area contributed by atoms with Crippen molar-refractivity contribution < 1.29 is 24.2 Å². The van der Waals surface area contributed by atoms with Crippen molar-refractivity contribution in [3.63, 3.8) is 0 Å². The predicted molar refractivity (Wildman–Crippen MR) is 175 cm³/mol. The number of unbranched alkanes of at least 4 members (excludes halogenated alkanes) is 1. The number of amides is 2. The average Bonchev–Trinajstić information content (AvgIpc) is 3.59. The highest BCUT2D eigenvalue weighted by atomic mass is 32.2. The minimum absolute atomic E-state index is 0.210. The number of likely N-dealkylation sites (tertiary alicyclic amines) is 1. The molecule has 0 radical (unpaired) electrons. The van der Waals surface area contributed by atoms with Gasteiger partial charge < -0.3 is 19.6 Å². The topological polar surface area (TPSA) is 87.1 Å². The van der Waals surface area contributed by atoms with Gasteiger partial charge in [-0.1, -0.05) is 54.6 Å². The smallest absolute Gasteiger partial charge is 0.311 e. The van der Waals surface area contributed by atoms with Gasteiger partial charge >= 0.3 is 5.97 Å². The maximum absolute atomic E-state index is 15.0. The van der Waals surface area contributed by atoms with E-state index in [0.29, 0.717) is 25.7 Å². The van der Waals surface area contributed by atoms with Crippen LogP contribution in [0.1, 0.15) is 49.3 Å². The molecule has 2 aromatic carbocycles. The Morgan fingerprint density at radius 3 is 2.59 bits per heavy atom. The molecule has 1 N–H and O–H groups in total. The Labute approximate surface area is 265 Å². The number of carbonyl (C=O) groups is 3. The number of fused-ring (bicyclic) bond motifs is 1. The van der Waals surface area contributed by atoms with E-state index in [4.69, 9.17) is 4.74 Å². The van der Waals surface area contributed by atoms with Gasteiger partial charge in [-0.25, -0.2) is 0 Å². The van der Waals surface area contributed by atoms with E-state index in [1.807, 2.05) is 69.3 Å². The third-order valence-corrected chi connectivity index (χ3v) is 11.6. The van der Waals surface area contributed by atoms with Crippen LogP contribution in [0, 0.1) is 25.7 Å². The zero-order valence-electron chi connectivity index (χ0n) is 26.0. The van der Waals surface area contributed by atoms with Crippen molar-refractivity contribution in [1.29, 1.82) is 0 Å². The average molecular weight is 617 g/mol. The van der Waals surface area contributed by atoms with Crippen LogP contribution in [0.4, 0.5) is 5.69 Å². The Morgan fingerprint density at radius 1 is 1.16 bits per heavy atom. The lowest BCUT2D eigenvalue weighted by atomic mass is 9.66. The van der Waals surface area contributed by atoms with Crippen molar-refractivity contribution in [3.05, 3.63) is 90.5 Å². The number of nitrogens with zero attached hydrogens (tertiary/aromatic N) is 2. The van der Waals surface area contributed by atoms with E-state index in [2.05, 4.69) is 13.2 Å². The molecule has 1 spiro atoms. The molecule has 3 heterocycles. The Morgan fingerprint density at radius 2 is 1.91 bits per heavy atom. The van der Waals surface area contributed by atoms with Crippen molar-refractivity contribution in [1.82, 2.24) is 4.90 Å². The minimum atomic E-state index is -0.869. The van der Waals surface area contributed by atoms with Crippen molar-refractivity contribution in [2.75, 3.05) is 24.7 Å². The summed E-state index contributed by atoms with van der Waals surface area (Å²) in [5.41, 5.74) is 3.69. The molecule has 8 heteroatoms. The first-order valence-electron chi connectivity index (χ1n) is 15.6. The van der Waals surface area contributed by atoms with Crippen LogP contribution >= 0.6 is 11.8 Å². The van der Waals surface area contributed by atoms with Gasteiger partial charge in [-0.05, 0) is 75.6 Å². The summed E-state index contributed by atoms with van der Waals surface area (Å²) in [4.78, 5) is 46.9. The second-order valence-corrected chi connectivity index (χ2v) is 14.5. The molecule has 2 unspecified atom stereocenters. The Balaban J connectivity index is 1.60. The Hall–Kier alpha value is -3.36. The normalized spacial score (nSPS) is 27.6. The molecule has 3 aliphatic heterocycles. The molecule has 2 bridgehead atoms. The molecule has 2 amide bonds. The van der Waals surface area contributed by atoms with E-state index in [1.54, 1.807) is 33.7 Å². The highest BCUT2D eigenvalue weighted by molar-refractivity contribution is 8.02. The van der Waals surface area contributed by atoms with Crippen LogP contribution in [0.5, 0.6) is 0 Å². The number of esters is 1. The first kappa shape index (κ1) is 32.0. The highest BCUT2D eigenvalue weighted by Crippen LogP contribution is 2.72. The summed E-state index contributed by atoms with van der Waals surface area (Å²) in [6.07, 6.45) is 6.59. The number of aliphatic hydroxyl groups excluding tert-OH is 1. The summed E-state index contributed by atoms with van der Waals surface area (Å²) in [6, 6.07) is 14.2. The van der Waals surface area contributed by atoms with Gasteiger partial charge in [0.1, 0.15) is 6.04 Å². The largest absolute Gasteiger partial charge is 0.465 e. The van der Waals surface area contributed by atoms with Gasteiger partial charge in [-0.15, -0.1) is 24.9 Å². The first-order chi connectivity index (χ1) is 21.1. The van der Waals surface area contributed by atoms with Crippen LogP contribution in [0.25, 0.3) is 0 Å². The summed E-state index contributed by atoms with van der Waals surface area (Å²) in [5.74, 6) is -2.24. The number of aliphatic hydroxyl groups is 1. The molecule has 3 fully saturated rings. The predicted octanol–water partition coefficient (Wildman–Crippen LogP) is 5.42. The molecule has 5 rings (SSSR count). The Kier molecular flexibility index (Phi) is 9.42. The molecule has 234 valence electrons. The van der Waals surface area contributed by atoms with Gasteiger partial charge in [0.2, 0.25) is 5.91 Å². The third-order valence-electron chi connectivity index (χ3n) is 9.65. The number of benzene rings is 2. The summed E-state index contributed by atoms with van der Waals surface area (Å²) >= 11 is 1.61. The molecule has 44 heavy (non-hydrogen) atoms. The molecule has 3 aliphatic rings. The highest BCUT2D eigenvalue weighted by Gasteiger charge is 2.78. The second kappa shape index (κ2) is 12.9. The fourth-order valence-electron chi connectivity index (χ4n) is 7.62. The van der Waals surface area contributed by atoms with Gasteiger partial charge in [0, 0.05) is 17.0 Å². The van der Waals surface area contributed by atoms with E-state index in [1.165, 1.54) is 0 Å². The lowest BCUT2D eigenvalue weighted by Crippen LogP contribution is -2.58. The summed E-state index contributed by atoms with van der Waals surface area (Å²) in [6.45, 7) is 13.9. The van der Waals surface area contributed by atoms with Crippen molar-refractivity contribution in [2.24, 2.45) is 11.8 Å². The molecular weight excluding hydrogens is 572 g/mol. The SMILES string of the molecule is C=CCCCOC(=O)[C@H]1[C@H]2C(=O)N([C@@H](CO)Cc3ccccc3)C(C(=O)N(CC=C)c3cc(C)ccc3C)C23CC[C@]1(C)S3. The van der Waals surface area contributed by atoms with E-state index in [-0.39, 0.29) is 37.5 Å². The van der Waals surface area contributed by atoms with Crippen LogP contribution in [0.2, 0.25) is 0 Å². The molecule has 3 saturated heterocycles. The van der Waals surface area contributed by atoms with Gasteiger partial charge in [-0.2, -0.15) is 0 Å². The third kappa shape index (κ3) is 5.51. The summed E-state index contributed by atoms with van der Waals surface area (Å²) < 4.78 is 4.41. The summed E-state index contributed by atoms with van der Waals surface area (Å²) in [5, 5.41) is 10.8. The maximum atomic E-state index is 15.0. The zero-order chi connectivity index (χ0) is 31.6. The van der Waals surface area contributed by atoms with Crippen LogP contribution in [0.15, 0.2) is 73.8 Å². The second-order valence-electron chi connectivity index (χ2n) is 12.6. The lowest BCUT2D eigenvalue weighted by Gasteiger charge is -2.40. The number of thioether (sulfide) groups is 1. The number of hydrogen-bond acceptors (Lipinski definition) is 6. The fraction of sp³-hybridized carbons (Fsp3) is 0.472. The van der Waals surface area contributed by atoms with Crippen LogP contribution in [0.3, 0.4) is 0 Å². The van der Waals surface area contributed by atoms with Gasteiger partial charge in [0.05, 0.1) is 35.8 Å². The number of anilines is 1. The molecule has 0 aromatic heterocycles. The van der Waals surface area contributed by atoms with E-state index >= 15 is 4.79 Å². The number of hydrogen-bond donors (Lipinski definition) is 1. The van der Waals surface area contributed by atoms with Gasteiger partial charge in [-0.3, -0.25) is 14.4 Å². The van der Waals surface area contributed by atoms with Gasteiger partial charge in [0.25, 0.3) is 5.91 Å². The van der Waals surface area contributed by atoms with E-state index in [9.17, 15) is 14.7 Å². The molecule has 0 aliphatic carbocycles. The molecule has 2 aromatic rings. The quantitative estimate of drug-likeness (QED) is 0.184. The fourth-order valence-corrected chi connectivity index (χ4v) is 9.94. The number of ether oxygens (including phenoxy) is 1. The number of allylic oxidation sites excluding steroid dienone is 1. The van der Waals surface area contributed by atoms with Crippen molar-refractivity contribution in [3.8, 4) is 0 Å². The minimum Gasteiger partial charge on any atom is -0.465 e. The molecular formula is C36H44N2O5S. The number of carbonyl (C=O) groups excluding carboxylic acids is 3. The van der Waals surface area contributed by atoms with E-state index < -0.39 is 33.4 Å². The van der Waals surface area contributed by atoms with Crippen molar-refractivity contribution in [2.45, 2.75) is 74.5 Å². The molecule has 6 atom stereocenters. The number of rotatable bonds is 13. The monoisotopic (exact) mass is 616 g/mol.